The highest BCUT2D eigenvalue weighted by Gasteiger charge is 2.12. The van der Waals surface area contributed by atoms with E-state index < -0.39 is 0 Å². The molecule has 146 valence electrons. The van der Waals surface area contributed by atoms with Gasteiger partial charge < -0.3 is 10.1 Å². The first kappa shape index (κ1) is 21.1. The normalized spacial score (nSPS) is 10.8. The van der Waals surface area contributed by atoms with Gasteiger partial charge in [0.05, 0.1) is 5.02 Å². The lowest BCUT2D eigenvalue weighted by atomic mass is 10.1. The van der Waals surface area contributed by atoms with Gasteiger partial charge in [-0.25, -0.2) is 0 Å². The first-order valence-electron chi connectivity index (χ1n) is 8.83. The predicted octanol–water partition coefficient (Wildman–Crippen LogP) is 8.05. The average molecular weight is 455 g/mol. The van der Waals surface area contributed by atoms with Gasteiger partial charge in [-0.05, 0) is 48.4 Å². The summed E-state index contributed by atoms with van der Waals surface area (Å²) < 4.78 is 6.00. The molecule has 3 aromatic carbocycles. The molecule has 0 saturated heterocycles. The Morgan fingerprint density at radius 3 is 2.18 bits per heavy atom. The van der Waals surface area contributed by atoms with Crippen LogP contribution in [0.25, 0.3) is 0 Å². The minimum atomic E-state index is 0.273. The third kappa shape index (κ3) is 5.48. The molecule has 0 spiro atoms. The van der Waals surface area contributed by atoms with Crippen molar-refractivity contribution < 1.29 is 4.74 Å². The van der Waals surface area contributed by atoms with Crippen LogP contribution in [0.1, 0.15) is 23.6 Å². The Balaban J connectivity index is 1.76. The second kappa shape index (κ2) is 9.76. The summed E-state index contributed by atoms with van der Waals surface area (Å²) in [6.07, 6.45) is 1.01. The van der Waals surface area contributed by atoms with Crippen LogP contribution in [0.15, 0.2) is 54.6 Å². The third-order valence-electron chi connectivity index (χ3n) is 4.32. The Morgan fingerprint density at radius 1 is 0.786 bits per heavy atom. The molecule has 2 nitrogen and oxygen atoms in total. The molecule has 28 heavy (non-hydrogen) atoms. The second-order valence-corrected chi connectivity index (χ2v) is 7.99. The van der Waals surface area contributed by atoms with Crippen molar-refractivity contribution in [1.82, 2.24) is 0 Å². The van der Waals surface area contributed by atoms with Gasteiger partial charge in [0.15, 0.2) is 0 Å². The summed E-state index contributed by atoms with van der Waals surface area (Å²) in [6.45, 7) is 2.93. The van der Waals surface area contributed by atoms with Crippen molar-refractivity contribution in [2.75, 3.05) is 5.32 Å². The van der Waals surface area contributed by atoms with Crippen molar-refractivity contribution in [2.45, 2.75) is 26.5 Å². The summed E-state index contributed by atoms with van der Waals surface area (Å²) in [5, 5.41) is 5.52. The number of ether oxygens (including phenoxy) is 1. The van der Waals surface area contributed by atoms with Gasteiger partial charge in [0, 0.05) is 38.4 Å². The molecular formula is C22H19Cl4NO. The van der Waals surface area contributed by atoms with Crippen molar-refractivity contribution in [3.63, 3.8) is 0 Å². The van der Waals surface area contributed by atoms with E-state index in [0.29, 0.717) is 32.4 Å². The molecule has 0 aliphatic rings. The number of aryl methyl sites for hydroxylation is 1. The molecule has 3 rings (SSSR count). The van der Waals surface area contributed by atoms with E-state index in [2.05, 4.69) is 36.5 Å². The lowest BCUT2D eigenvalue weighted by Gasteiger charge is -2.16. The Morgan fingerprint density at radius 2 is 1.50 bits per heavy atom. The fraction of sp³-hybridized carbons (Fsp3) is 0.182. The maximum absolute atomic E-state index is 6.40. The molecule has 0 aromatic heterocycles. The van der Waals surface area contributed by atoms with Crippen LogP contribution in [-0.4, -0.2) is 0 Å². The lowest BCUT2D eigenvalue weighted by molar-refractivity contribution is 0.303. The quantitative estimate of drug-likeness (QED) is 0.389. The Kier molecular flexibility index (Phi) is 7.36. The Bertz CT molecular complexity index is 957. The van der Waals surface area contributed by atoms with Crippen LogP contribution >= 0.6 is 46.4 Å². The molecule has 0 aliphatic heterocycles. The van der Waals surface area contributed by atoms with Crippen LogP contribution in [0, 0.1) is 0 Å². The molecule has 0 fully saturated rings. The smallest absolute Gasteiger partial charge is 0.143 e. The van der Waals surface area contributed by atoms with E-state index in [1.807, 2.05) is 12.1 Å². The highest BCUT2D eigenvalue weighted by molar-refractivity contribution is 6.36. The predicted molar refractivity (Wildman–Crippen MR) is 120 cm³/mol. The van der Waals surface area contributed by atoms with Crippen molar-refractivity contribution in [3.05, 3.63) is 91.4 Å². The molecule has 6 heteroatoms. The van der Waals surface area contributed by atoms with Crippen LogP contribution in [0.4, 0.5) is 5.69 Å². The zero-order chi connectivity index (χ0) is 20.1. The van der Waals surface area contributed by atoms with Crippen molar-refractivity contribution >= 4 is 52.1 Å². The molecule has 3 aromatic rings. The highest BCUT2D eigenvalue weighted by atomic mass is 35.5. The highest BCUT2D eigenvalue weighted by Crippen LogP contribution is 2.34. The molecule has 0 atom stereocenters. The van der Waals surface area contributed by atoms with Gasteiger partial charge >= 0.3 is 0 Å². The first-order chi connectivity index (χ1) is 13.5. The third-order valence-corrected chi connectivity index (χ3v) is 5.40. The maximum atomic E-state index is 6.40. The summed E-state index contributed by atoms with van der Waals surface area (Å²) in [6, 6.07) is 17.1. The van der Waals surface area contributed by atoms with Crippen molar-refractivity contribution in [2.24, 2.45) is 0 Å². The molecule has 0 unspecified atom stereocenters. The van der Waals surface area contributed by atoms with E-state index in [0.717, 1.165) is 23.2 Å². The summed E-state index contributed by atoms with van der Waals surface area (Å²) >= 11 is 24.8. The SMILES string of the molecule is CCc1ccc(NCc2cc(Cl)cc(Cl)c2OCc2ccc(Cl)cc2Cl)cc1. The minimum absolute atomic E-state index is 0.273. The molecule has 0 saturated carbocycles. The topological polar surface area (TPSA) is 21.3 Å². The molecule has 1 N–H and O–H groups in total. The molecule has 0 heterocycles. The van der Waals surface area contributed by atoms with Gasteiger partial charge in [-0.2, -0.15) is 0 Å². The van der Waals surface area contributed by atoms with Crippen LogP contribution < -0.4 is 10.1 Å². The van der Waals surface area contributed by atoms with E-state index in [1.54, 1.807) is 18.2 Å². The number of rotatable bonds is 7. The largest absolute Gasteiger partial charge is 0.487 e. The summed E-state index contributed by atoms with van der Waals surface area (Å²) in [5.74, 6) is 0.578. The fourth-order valence-corrected chi connectivity index (χ4v) is 3.80. The van der Waals surface area contributed by atoms with E-state index in [-0.39, 0.29) is 6.61 Å². The zero-order valence-corrected chi connectivity index (χ0v) is 18.3. The first-order valence-corrected chi connectivity index (χ1v) is 10.3. The van der Waals surface area contributed by atoms with Crippen LogP contribution in [0.2, 0.25) is 20.1 Å². The van der Waals surface area contributed by atoms with E-state index >= 15 is 0 Å². The van der Waals surface area contributed by atoms with Gasteiger partial charge in [0.25, 0.3) is 0 Å². The van der Waals surface area contributed by atoms with Crippen molar-refractivity contribution in [1.29, 1.82) is 0 Å². The summed E-state index contributed by atoms with van der Waals surface area (Å²) in [7, 11) is 0. The zero-order valence-electron chi connectivity index (χ0n) is 15.2. The van der Waals surface area contributed by atoms with E-state index in [1.165, 1.54) is 5.56 Å². The number of nitrogens with one attached hydrogen (secondary N) is 1. The standard InChI is InChI=1S/C22H19Cl4NO/c1-2-14-3-7-19(8-4-14)27-12-16-9-18(24)11-21(26)22(16)28-13-15-5-6-17(23)10-20(15)25/h3-11,27H,2,12-13H2,1H3. The summed E-state index contributed by atoms with van der Waals surface area (Å²) in [4.78, 5) is 0. The second-order valence-electron chi connectivity index (χ2n) is 6.30. The number of hydrogen-bond acceptors (Lipinski definition) is 2. The molecular weight excluding hydrogens is 436 g/mol. The maximum Gasteiger partial charge on any atom is 0.143 e. The Labute approximate surface area is 185 Å². The van der Waals surface area contributed by atoms with Gasteiger partial charge in [-0.3, -0.25) is 0 Å². The van der Waals surface area contributed by atoms with Crippen molar-refractivity contribution in [3.8, 4) is 5.75 Å². The molecule has 0 bridgehead atoms. The van der Waals surface area contributed by atoms with E-state index in [9.17, 15) is 0 Å². The number of hydrogen-bond donors (Lipinski definition) is 1. The number of halogens is 4. The molecule has 0 aliphatic carbocycles. The van der Waals surface area contributed by atoms with Gasteiger partial charge in [-0.15, -0.1) is 0 Å². The minimum Gasteiger partial charge on any atom is -0.487 e. The van der Waals surface area contributed by atoms with Gasteiger partial charge in [0.2, 0.25) is 0 Å². The fourth-order valence-electron chi connectivity index (χ4n) is 2.75. The van der Waals surface area contributed by atoms with Crippen LogP contribution in [-0.2, 0) is 19.6 Å². The molecule has 0 amide bonds. The van der Waals surface area contributed by atoms with Crippen LogP contribution in [0.3, 0.4) is 0 Å². The lowest BCUT2D eigenvalue weighted by Crippen LogP contribution is -2.05. The Hall–Kier alpha value is -1.58. The van der Waals surface area contributed by atoms with Gasteiger partial charge in [0.1, 0.15) is 12.4 Å². The number of benzene rings is 3. The van der Waals surface area contributed by atoms with Crippen LogP contribution in [0.5, 0.6) is 5.75 Å². The van der Waals surface area contributed by atoms with E-state index in [4.69, 9.17) is 51.1 Å². The summed E-state index contributed by atoms with van der Waals surface area (Å²) in [5.41, 5.74) is 3.99. The molecule has 0 radical (unpaired) electrons. The average Bonchev–Trinajstić information content (AvgIpc) is 2.67. The number of anilines is 1. The monoisotopic (exact) mass is 453 g/mol. The van der Waals surface area contributed by atoms with Gasteiger partial charge in [-0.1, -0.05) is 71.5 Å².